The van der Waals surface area contributed by atoms with E-state index in [1.807, 2.05) is 23.1 Å². The van der Waals surface area contributed by atoms with E-state index in [1.54, 1.807) is 28.8 Å². The van der Waals surface area contributed by atoms with Crippen molar-refractivity contribution in [2.75, 3.05) is 19.3 Å². The summed E-state index contributed by atoms with van der Waals surface area (Å²) in [5, 5.41) is 9.15. The van der Waals surface area contributed by atoms with Crippen molar-refractivity contribution in [2.24, 2.45) is 5.73 Å². The van der Waals surface area contributed by atoms with Crippen LogP contribution in [0.5, 0.6) is 0 Å². The predicted molar refractivity (Wildman–Crippen MR) is 149 cm³/mol. The van der Waals surface area contributed by atoms with E-state index >= 15 is 0 Å². The van der Waals surface area contributed by atoms with Crippen LogP contribution >= 0.6 is 36.4 Å². The molecule has 2 N–H and O–H groups in total. The van der Waals surface area contributed by atoms with Crippen molar-refractivity contribution in [1.82, 2.24) is 19.7 Å². The van der Waals surface area contributed by atoms with Crippen molar-refractivity contribution in [3.05, 3.63) is 64.9 Å². The Balaban J connectivity index is 0.00000190. The molecule has 2 aliphatic rings. The summed E-state index contributed by atoms with van der Waals surface area (Å²) >= 11 is 6.24. The average molecular weight is 587 g/mol. The summed E-state index contributed by atoms with van der Waals surface area (Å²) in [6.07, 6.45) is 4.64. The van der Waals surface area contributed by atoms with Gasteiger partial charge < -0.3 is 15.2 Å². The second kappa shape index (κ2) is 11.3. The van der Waals surface area contributed by atoms with Crippen LogP contribution in [0, 0.1) is 0 Å². The largest absolute Gasteiger partial charge is 0.331 e. The molecule has 1 aliphatic carbocycles. The van der Waals surface area contributed by atoms with E-state index in [1.165, 1.54) is 6.26 Å². The van der Waals surface area contributed by atoms with Crippen molar-refractivity contribution >= 4 is 52.2 Å². The van der Waals surface area contributed by atoms with Gasteiger partial charge in [0.1, 0.15) is 0 Å². The standard InChI is InChI=1S/C25H28ClN5O3S.2ClH/c1-35(33,34)21-7-2-4-17(14-21)22-28-29-23-24(32)30(12-13-31(22)23)20-8-10-25(16-27,11-9-20)18-5-3-6-19(26)15-18;;/h2-7,14-15,20H,8-13,16,27H2,1H3;2*1H. The van der Waals surface area contributed by atoms with Gasteiger partial charge in [-0.1, -0.05) is 35.9 Å². The third-order valence-corrected chi connectivity index (χ3v) is 8.81. The zero-order valence-electron chi connectivity index (χ0n) is 20.3. The molecule has 1 amide bonds. The van der Waals surface area contributed by atoms with E-state index in [4.69, 9.17) is 17.3 Å². The number of carbonyl (C=O) groups excluding carboxylic acids is 1. The monoisotopic (exact) mass is 585 g/mol. The van der Waals surface area contributed by atoms with Crippen LogP contribution in [0.2, 0.25) is 5.02 Å². The molecule has 0 radical (unpaired) electrons. The van der Waals surface area contributed by atoms with Gasteiger partial charge in [-0.05, 0) is 55.5 Å². The van der Waals surface area contributed by atoms with Crippen LogP contribution < -0.4 is 5.73 Å². The molecule has 1 fully saturated rings. The first-order chi connectivity index (χ1) is 16.7. The Morgan fingerprint density at radius 1 is 1.03 bits per heavy atom. The molecule has 2 heterocycles. The molecule has 1 saturated carbocycles. The van der Waals surface area contributed by atoms with Crippen LogP contribution in [0.1, 0.15) is 41.9 Å². The average Bonchev–Trinajstić information content (AvgIpc) is 3.29. The molecule has 0 saturated heterocycles. The van der Waals surface area contributed by atoms with Crippen LogP contribution in [0.3, 0.4) is 0 Å². The van der Waals surface area contributed by atoms with E-state index in [9.17, 15) is 13.2 Å². The highest BCUT2D eigenvalue weighted by Gasteiger charge is 2.41. The van der Waals surface area contributed by atoms with E-state index in [0.29, 0.717) is 41.9 Å². The fourth-order valence-electron chi connectivity index (χ4n) is 5.43. The number of carbonyl (C=O) groups is 1. The molecule has 2 aromatic carbocycles. The first-order valence-corrected chi connectivity index (χ1v) is 14.0. The molecule has 0 unspecified atom stereocenters. The lowest BCUT2D eigenvalue weighted by atomic mass is 9.68. The molecule has 1 aliphatic heterocycles. The molecule has 0 bridgehead atoms. The SMILES string of the molecule is CS(=O)(=O)c1cccc(-c2nnc3n2CCN(C2CCC(CN)(c4cccc(Cl)c4)CC2)C3=O)c1.Cl.Cl. The molecule has 0 atom stereocenters. The van der Waals surface area contributed by atoms with Gasteiger partial charge in [-0.15, -0.1) is 35.0 Å². The highest BCUT2D eigenvalue weighted by molar-refractivity contribution is 7.90. The summed E-state index contributed by atoms with van der Waals surface area (Å²) < 4.78 is 25.7. The summed E-state index contributed by atoms with van der Waals surface area (Å²) in [5.41, 5.74) is 7.91. The molecule has 12 heteroatoms. The number of aromatic nitrogens is 3. The Hall–Kier alpha value is -2.17. The van der Waals surface area contributed by atoms with E-state index in [-0.39, 0.29) is 47.1 Å². The Labute approximate surface area is 234 Å². The number of halogens is 3. The number of hydrogen-bond acceptors (Lipinski definition) is 6. The minimum absolute atomic E-state index is 0. The molecule has 1 aromatic heterocycles. The van der Waals surface area contributed by atoms with Gasteiger partial charge >= 0.3 is 0 Å². The molecule has 200 valence electrons. The third kappa shape index (κ3) is 5.52. The van der Waals surface area contributed by atoms with Crippen LogP contribution in [0.25, 0.3) is 11.4 Å². The quantitative estimate of drug-likeness (QED) is 0.481. The summed E-state index contributed by atoms with van der Waals surface area (Å²) in [7, 11) is -3.35. The molecular formula is C25H30Cl3N5O3S. The van der Waals surface area contributed by atoms with Crippen molar-refractivity contribution < 1.29 is 13.2 Å². The lowest BCUT2D eigenvalue weighted by Gasteiger charge is -2.44. The van der Waals surface area contributed by atoms with Crippen LogP contribution in [0.15, 0.2) is 53.4 Å². The van der Waals surface area contributed by atoms with Gasteiger partial charge in [0.05, 0.1) is 4.90 Å². The minimum Gasteiger partial charge on any atom is -0.331 e. The van der Waals surface area contributed by atoms with Crippen molar-refractivity contribution in [2.45, 2.75) is 48.6 Å². The molecule has 8 nitrogen and oxygen atoms in total. The third-order valence-electron chi connectivity index (χ3n) is 7.47. The fourth-order valence-corrected chi connectivity index (χ4v) is 6.29. The van der Waals surface area contributed by atoms with Crippen molar-refractivity contribution in [3.63, 3.8) is 0 Å². The second-order valence-electron chi connectivity index (χ2n) is 9.52. The highest BCUT2D eigenvalue weighted by atomic mass is 35.5. The number of amides is 1. The number of sulfone groups is 1. The van der Waals surface area contributed by atoms with Gasteiger partial charge in [-0.3, -0.25) is 4.79 Å². The number of benzene rings is 2. The maximum absolute atomic E-state index is 13.4. The van der Waals surface area contributed by atoms with Gasteiger partial charge in [-0.2, -0.15) is 0 Å². The van der Waals surface area contributed by atoms with Crippen LogP contribution in [0.4, 0.5) is 0 Å². The number of fused-ring (bicyclic) bond motifs is 1. The Kier molecular flexibility index (Phi) is 8.97. The second-order valence-corrected chi connectivity index (χ2v) is 12.0. The number of hydrogen-bond donors (Lipinski definition) is 1. The molecule has 0 spiro atoms. The van der Waals surface area contributed by atoms with Crippen LogP contribution in [-0.4, -0.2) is 59.4 Å². The summed E-state index contributed by atoms with van der Waals surface area (Å²) in [4.78, 5) is 15.5. The summed E-state index contributed by atoms with van der Waals surface area (Å²) in [6.45, 7) is 1.65. The first kappa shape index (κ1) is 29.4. The smallest absolute Gasteiger partial charge is 0.292 e. The van der Waals surface area contributed by atoms with Crippen molar-refractivity contribution in [1.29, 1.82) is 0 Å². The summed E-state index contributed by atoms with van der Waals surface area (Å²) in [5.74, 6) is 0.661. The maximum atomic E-state index is 13.4. The number of nitrogens with two attached hydrogens (primary N) is 1. The lowest BCUT2D eigenvalue weighted by Crippen LogP contribution is -2.50. The highest BCUT2D eigenvalue weighted by Crippen LogP contribution is 2.41. The Morgan fingerprint density at radius 2 is 1.70 bits per heavy atom. The lowest BCUT2D eigenvalue weighted by molar-refractivity contribution is 0.0523. The van der Waals surface area contributed by atoms with E-state index in [2.05, 4.69) is 16.3 Å². The predicted octanol–water partition coefficient (Wildman–Crippen LogP) is 4.14. The van der Waals surface area contributed by atoms with Gasteiger partial charge in [0, 0.05) is 47.9 Å². The van der Waals surface area contributed by atoms with Gasteiger partial charge in [0.15, 0.2) is 15.7 Å². The topological polar surface area (TPSA) is 111 Å². The molecule has 5 rings (SSSR count). The molecule has 37 heavy (non-hydrogen) atoms. The zero-order valence-corrected chi connectivity index (χ0v) is 23.5. The van der Waals surface area contributed by atoms with Gasteiger partial charge in [0.25, 0.3) is 5.91 Å². The zero-order chi connectivity index (χ0) is 24.8. The van der Waals surface area contributed by atoms with Crippen LogP contribution in [-0.2, 0) is 21.8 Å². The van der Waals surface area contributed by atoms with Gasteiger partial charge in [0.2, 0.25) is 5.82 Å². The van der Waals surface area contributed by atoms with Gasteiger partial charge in [-0.25, -0.2) is 8.42 Å². The Morgan fingerprint density at radius 3 is 2.35 bits per heavy atom. The molecule has 3 aromatic rings. The van der Waals surface area contributed by atoms with E-state index in [0.717, 1.165) is 31.2 Å². The number of nitrogens with zero attached hydrogens (tertiary/aromatic N) is 4. The molecular weight excluding hydrogens is 557 g/mol. The minimum atomic E-state index is -3.35. The normalized spacial score (nSPS) is 21.5. The van der Waals surface area contributed by atoms with Crippen molar-refractivity contribution in [3.8, 4) is 11.4 Å². The number of rotatable bonds is 5. The Bertz CT molecular complexity index is 1390. The first-order valence-electron chi connectivity index (χ1n) is 11.7. The summed E-state index contributed by atoms with van der Waals surface area (Å²) in [6, 6.07) is 14.6. The fraction of sp³-hybridized carbons (Fsp3) is 0.400. The van der Waals surface area contributed by atoms with E-state index < -0.39 is 9.84 Å². The maximum Gasteiger partial charge on any atom is 0.292 e.